The van der Waals surface area contributed by atoms with E-state index in [0.717, 1.165) is 12.1 Å². The Balaban J connectivity index is 2.49. The molecule has 0 radical (unpaired) electrons. The van der Waals surface area contributed by atoms with E-state index in [0.29, 0.717) is 17.1 Å². The molecule has 0 saturated carbocycles. The van der Waals surface area contributed by atoms with Gasteiger partial charge in [-0.25, -0.2) is 8.78 Å². The van der Waals surface area contributed by atoms with Crippen LogP contribution in [0.5, 0.6) is 0 Å². The highest BCUT2D eigenvalue weighted by Gasteiger charge is 2.20. The molecule has 2 N–H and O–H groups in total. The molecule has 0 aliphatic carbocycles. The van der Waals surface area contributed by atoms with Gasteiger partial charge in [0.1, 0.15) is 23.2 Å². The van der Waals surface area contributed by atoms with E-state index in [1.54, 1.807) is 19.9 Å². The van der Waals surface area contributed by atoms with Crippen molar-refractivity contribution in [2.75, 3.05) is 0 Å². The number of hydrogen-bond acceptors (Lipinski definition) is 2. The molecule has 18 heavy (non-hydrogen) atoms. The fourth-order valence-electron chi connectivity index (χ4n) is 1.90. The zero-order chi connectivity index (χ0) is 13.4. The normalized spacial score (nSPS) is 12.8. The van der Waals surface area contributed by atoms with Crippen LogP contribution in [0.2, 0.25) is 0 Å². The maximum atomic E-state index is 13.8. The van der Waals surface area contributed by atoms with Crippen molar-refractivity contribution in [3.63, 3.8) is 0 Å². The van der Waals surface area contributed by atoms with E-state index in [2.05, 4.69) is 15.9 Å². The van der Waals surface area contributed by atoms with Crippen LogP contribution in [0.25, 0.3) is 0 Å². The summed E-state index contributed by atoms with van der Waals surface area (Å²) in [7, 11) is 0. The van der Waals surface area contributed by atoms with Gasteiger partial charge in [-0.2, -0.15) is 0 Å². The van der Waals surface area contributed by atoms with Crippen LogP contribution in [-0.4, -0.2) is 0 Å². The SMILES string of the molecule is Cc1cc(C(N)c2cc(F)c(Br)cc2F)c(C)o1. The van der Waals surface area contributed by atoms with Crippen LogP contribution in [0.1, 0.15) is 28.7 Å². The molecule has 0 saturated heterocycles. The van der Waals surface area contributed by atoms with E-state index in [-0.39, 0.29) is 10.0 Å². The van der Waals surface area contributed by atoms with Gasteiger partial charge < -0.3 is 10.2 Å². The molecule has 5 heteroatoms. The van der Waals surface area contributed by atoms with Gasteiger partial charge >= 0.3 is 0 Å². The first kappa shape index (κ1) is 13.2. The quantitative estimate of drug-likeness (QED) is 0.851. The Hall–Kier alpha value is -1.20. The summed E-state index contributed by atoms with van der Waals surface area (Å²) in [5.74, 6) is 0.215. The second-order valence-corrected chi connectivity index (χ2v) is 4.99. The number of hydrogen-bond donors (Lipinski definition) is 1. The summed E-state index contributed by atoms with van der Waals surface area (Å²) in [6.45, 7) is 3.52. The Bertz CT molecular complexity index is 595. The number of nitrogens with two attached hydrogens (primary N) is 1. The lowest BCUT2D eigenvalue weighted by molar-refractivity contribution is 0.498. The molecule has 0 fully saturated rings. The van der Waals surface area contributed by atoms with Crippen molar-refractivity contribution < 1.29 is 13.2 Å². The van der Waals surface area contributed by atoms with E-state index in [1.807, 2.05) is 0 Å². The van der Waals surface area contributed by atoms with E-state index >= 15 is 0 Å². The summed E-state index contributed by atoms with van der Waals surface area (Å²) in [5, 5.41) is 0. The molecular formula is C13H12BrF2NO. The highest BCUT2D eigenvalue weighted by molar-refractivity contribution is 9.10. The van der Waals surface area contributed by atoms with Crippen molar-refractivity contribution in [1.29, 1.82) is 0 Å². The number of rotatable bonds is 2. The molecule has 2 aromatic rings. The molecule has 1 unspecified atom stereocenters. The topological polar surface area (TPSA) is 39.2 Å². The first-order chi connectivity index (χ1) is 8.40. The lowest BCUT2D eigenvalue weighted by Crippen LogP contribution is -2.14. The lowest BCUT2D eigenvalue weighted by Gasteiger charge is -2.13. The molecule has 2 nitrogen and oxygen atoms in total. The van der Waals surface area contributed by atoms with Crippen molar-refractivity contribution in [2.24, 2.45) is 5.73 Å². The van der Waals surface area contributed by atoms with Crippen molar-refractivity contribution >= 4 is 15.9 Å². The predicted octanol–water partition coefficient (Wildman–Crippen LogP) is 3.99. The van der Waals surface area contributed by atoms with Gasteiger partial charge in [0.05, 0.1) is 10.5 Å². The van der Waals surface area contributed by atoms with Crippen LogP contribution in [-0.2, 0) is 0 Å². The number of aryl methyl sites for hydroxylation is 2. The van der Waals surface area contributed by atoms with Gasteiger partial charge in [0.2, 0.25) is 0 Å². The van der Waals surface area contributed by atoms with Crippen molar-refractivity contribution in [3.8, 4) is 0 Å². The largest absolute Gasteiger partial charge is 0.466 e. The Morgan fingerprint density at radius 1 is 1.11 bits per heavy atom. The van der Waals surface area contributed by atoms with Crippen LogP contribution in [0.15, 0.2) is 27.1 Å². The van der Waals surface area contributed by atoms with Gasteiger partial charge in [-0.05, 0) is 48.0 Å². The highest BCUT2D eigenvalue weighted by atomic mass is 79.9. The van der Waals surface area contributed by atoms with Crippen LogP contribution in [0.3, 0.4) is 0 Å². The number of furan rings is 1. The third kappa shape index (κ3) is 2.33. The van der Waals surface area contributed by atoms with Gasteiger partial charge in [-0.1, -0.05) is 0 Å². The minimum atomic E-state index is -0.745. The maximum absolute atomic E-state index is 13.8. The average Bonchev–Trinajstić information content (AvgIpc) is 2.62. The summed E-state index contributed by atoms with van der Waals surface area (Å²) < 4.78 is 32.7. The minimum absolute atomic E-state index is 0.0797. The minimum Gasteiger partial charge on any atom is -0.466 e. The van der Waals surface area contributed by atoms with Gasteiger partial charge in [-0.3, -0.25) is 0 Å². The molecule has 2 rings (SSSR count). The third-order valence-electron chi connectivity index (χ3n) is 2.79. The smallest absolute Gasteiger partial charge is 0.137 e. The average molecular weight is 316 g/mol. The lowest BCUT2D eigenvalue weighted by atomic mass is 9.99. The molecule has 96 valence electrons. The Morgan fingerprint density at radius 2 is 1.78 bits per heavy atom. The van der Waals surface area contributed by atoms with Gasteiger partial charge in [0.15, 0.2) is 0 Å². The van der Waals surface area contributed by atoms with E-state index in [1.165, 1.54) is 0 Å². The van der Waals surface area contributed by atoms with Crippen molar-refractivity contribution in [1.82, 2.24) is 0 Å². The second kappa shape index (κ2) is 4.82. The molecule has 1 heterocycles. The Kier molecular flexibility index (Phi) is 3.54. The molecule has 1 aromatic heterocycles. The summed E-state index contributed by atoms with van der Waals surface area (Å²) in [6.07, 6.45) is 0. The zero-order valence-electron chi connectivity index (χ0n) is 9.93. The monoisotopic (exact) mass is 315 g/mol. The van der Waals surface area contributed by atoms with Gasteiger partial charge in [-0.15, -0.1) is 0 Å². The standard InChI is InChI=1S/C13H12BrF2NO/c1-6-3-8(7(2)18-6)13(17)9-4-12(16)10(14)5-11(9)15/h3-5,13H,17H2,1-2H3. The van der Waals surface area contributed by atoms with Gasteiger partial charge in [0.25, 0.3) is 0 Å². The van der Waals surface area contributed by atoms with Crippen LogP contribution in [0, 0.1) is 25.5 Å². The highest BCUT2D eigenvalue weighted by Crippen LogP contribution is 2.29. The summed E-state index contributed by atoms with van der Waals surface area (Å²) in [6, 6.07) is 3.17. The summed E-state index contributed by atoms with van der Waals surface area (Å²) in [4.78, 5) is 0. The summed E-state index contributed by atoms with van der Waals surface area (Å²) in [5.41, 5.74) is 6.74. The molecule has 1 atom stereocenters. The molecule has 0 amide bonds. The Labute approximate surface area is 112 Å². The fourth-order valence-corrected chi connectivity index (χ4v) is 2.22. The second-order valence-electron chi connectivity index (χ2n) is 4.13. The van der Waals surface area contributed by atoms with Crippen molar-refractivity contribution in [3.05, 3.63) is 57.0 Å². The van der Waals surface area contributed by atoms with Crippen LogP contribution >= 0.6 is 15.9 Å². The first-order valence-electron chi connectivity index (χ1n) is 5.37. The molecule has 0 aliphatic rings. The maximum Gasteiger partial charge on any atom is 0.137 e. The van der Waals surface area contributed by atoms with E-state index in [4.69, 9.17) is 10.2 Å². The molecule has 0 aliphatic heterocycles. The van der Waals surface area contributed by atoms with Gasteiger partial charge in [0, 0.05) is 11.1 Å². The van der Waals surface area contributed by atoms with Crippen LogP contribution in [0.4, 0.5) is 8.78 Å². The van der Waals surface area contributed by atoms with Crippen LogP contribution < -0.4 is 5.73 Å². The third-order valence-corrected chi connectivity index (χ3v) is 3.40. The predicted molar refractivity (Wildman–Crippen MR) is 68.3 cm³/mol. The van der Waals surface area contributed by atoms with Crippen molar-refractivity contribution in [2.45, 2.75) is 19.9 Å². The first-order valence-corrected chi connectivity index (χ1v) is 6.16. The van der Waals surface area contributed by atoms with E-state index in [9.17, 15) is 8.78 Å². The number of halogens is 3. The molecule has 0 bridgehead atoms. The Morgan fingerprint density at radius 3 is 2.33 bits per heavy atom. The summed E-state index contributed by atoms with van der Waals surface area (Å²) >= 11 is 2.93. The molecular weight excluding hydrogens is 304 g/mol. The van der Waals surface area contributed by atoms with E-state index < -0.39 is 17.7 Å². The molecule has 0 spiro atoms. The number of benzene rings is 1. The zero-order valence-corrected chi connectivity index (χ0v) is 11.5. The fraction of sp³-hybridized carbons (Fsp3) is 0.231. The molecule has 1 aromatic carbocycles.